The van der Waals surface area contributed by atoms with Gasteiger partial charge in [-0.2, -0.15) is 0 Å². The first kappa shape index (κ1) is 7.61. The van der Waals surface area contributed by atoms with Crippen LogP contribution in [0, 0.1) is 0 Å². The Morgan fingerprint density at radius 1 is 1.80 bits per heavy atom. The molecule has 2 atom stereocenters. The number of hydrogen-bond acceptors (Lipinski definition) is 2. The van der Waals surface area contributed by atoms with Crippen molar-refractivity contribution in [1.29, 1.82) is 0 Å². The minimum Gasteiger partial charge on any atom is -0.495 e. The lowest BCUT2D eigenvalue weighted by atomic mass is 10.2. The second-order valence-corrected chi connectivity index (χ2v) is 2.44. The first-order valence-corrected chi connectivity index (χ1v) is 3.76. The van der Waals surface area contributed by atoms with Crippen LogP contribution < -0.4 is 0 Å². The van der Waals surface area contributed by atoms with Gasteiger partial charge in [0.1, 0.15) is 6.10 Å². The van der Waals surface area contributed by atoms with E-state index in [2.05, 4.69) is 0 Å². The summed E-state index contributed by atoms with van der Waals surface area (Å²) < 4.78 is 10.6. The molecule has 0 fully saturated rings. The van der Waals surface area contributed by atoms with E-state index in [1.54, 1.807) is 6.26 Å². The summed E-state index contributed by atoms with van der Waals surface area (Å²) in [4.78, 5) is 0. The zero-order valence-corrected chi connectivity index (χ0v) is 6.54. The molecule has 1 rings (SSSR count). The van der Waals surface area contributed by atoms with E-state index in [0.29, 0.717) is 0 Å². The summed E-state index contributed by atoms with van der Waals surface area (Å²) in [6.07, 6.45) is 5.24. The summed E-state index contributed by atoms with van der Waals surface area (Å²) in [7, 11) is 0. The van der Waals surface area contributed by atoms with Gasteiger partial charge < -0.3 is 9.47 Å². The Balaban J connectivity index is 2.21. The quantitative estimate of drug-likeness (QED) is 0.597. The molecule has 58 valence electrons. The van der Waals surface area contributed by atoms with Gasteiger partial charge >= 0.3 is 0 Å². The standard InChI is InChI=1S/C8H14O2/c1-3-9-7(2)8-5-4-6-10-8/h4,6-8H,3,5H2,1-2H3. The van der Waals surface area contributed by atoms with E-state index in [9.17, 15) is 0 Å². The van der Waals surface area contributed by atoms with Gasteiger partial charge in [-0.3, -0.25) is 0 Å². The van der Waals surface area contributed by atoms with E-state index in [4.69, 9.17) is 9.47 Å². The van der Waals surface area contributed by atoms with E-state index in [1.165, 1.54) is 0 Å². The summed E-state index contributed by atoms with van der Waals surface area (Å²) >= 11 is 0. The molecule has 0 spiro atoms. The van der Waals surface area contributed by atoms with Gasteiger partial charge in [0.2, 0.25) is 0 Å². The van der Waals surface area contributed by atoms with Crippen molar-refractivity contribution in [2.45, 2.75) is 32.5 Å². The Morgan fingerprint density at radius 2 is 2.60 bits per heavy atom. The van der Waals surface area contributed by atoms with E-state index >= 15 is 0 Å². The van der Waals surface area contributed by atoms with Crippen LogP contribution in [-0.4, -0.2) is 18.8 Å². The molecule has 0 aromatic heterocycles. The molecule has 2 heteroatoms. The minimum absolute atomic E-state index is 0.222. The first-order valence-electron chi connectivity index (χ1n) is 3.76. The predicted molar refractivity (Wildman–Crippen MR) is 39.7 cm³/mol. The molecule has 0 N–H and O–H groups in total. The van der Waals surface area contributed by atoms with Crippen molar-refractivity contribution < 1.29 is 9.47 Å². The molecule has 2 nitrogen and oxygen atoms in total. The topological polar surface area (TPSA) is 18.5 Å². The maximum atomic E-state index is 5.36. The second kappa shape index (κ2) is 3.62. The van der Waals surface area contributed by atoms with E-state index in [0.717, 1.165) is 13.0 Å². The average molecular weight is 142 g/mol. The lowest BCUT2D eigenvalue weighted by molar-refractivity contribution is -0.0177. The van der Waals surface area contributed by atoms with Gasteiger partial charge in [0.15, 0.2) is 0 Å². The molecule has 0 aliphatic carbocycles. The maximum absolute atomic E-state index is 5.36. The van der Waals surface area contributed by atoms with E-state index < -0.39 is 0 Å². The van der Waals surface area contributed by atoms with Gasteiger partial charge in [0, 0.05) is 13.0 Å². The molecule has 1 aliphatic heterocycles. The smallest absolute Gasteiger partial charge is 0.127 e. The molecule has 10 heavy (non-hydrogen) atoms. The molecule has 0 saturated heterocycles. The summed E-state index contributed by atoms with van der Waals surface area (Å²) in [5.41, 5.74) is 0. The highest BCUT2D eigenvalue weighted by atomic mass is 16.5. The summed E-state index contributed by atoms with van der Waals surface area (Å²) in [6.45, 7) is 4.81. The second-order valence-electron chi connectivity index (χ2n) is 2.44. The Labute approximate surface area is 61.8 Å². The van der Waals surface area contributed by atoms with Crippen LogP contribution in [0.3, 0.4) is 0 Å². The maximum Gasteiger partial charge on any atom is 0.127 e. The third-order valence-corrected chi connectivity index (χ3v) is 1.67. The Hall–Kier alpha value is -0.500. The normalized spacial score (nSPS) is 26.4. The lowest BCUT2D eigenvalue weighted by Gasteiger charge is -2.18. The van der Waals surface area contributed by atoms with Crippen LogP contribution in [0.5, 0.6) is 0 Å². The molecule has 0 amide bonds. The molecule has 1 aliphatic rings. The van der Waals surface area contributed by atoms with Crippen LogP contribution in [0.25, 0.3) is 0 Å². The largest absolute Gasteiger partial charge is 0.495 e. The summed E-state index contributed by atoms with van der Waals surface area (Å²) in [5.74, 6) is 0. The monoisotopic (exact) mass is 142 g/mol. The molecule has 1 heterocycles. The van der Waals surface area contributed by atoms with Gasteiger partial charge in [0.25, 0.3) is 0 Å². The minimum atomic E-state index is 0.222. The summed E-state index contributed by atoms with van der Waals surface area (Å²) in [6, 6.07) is 0. The zero-order valence-electron chi connectivity index (χ0n) is 6.54. The Kier molecular flexibility index (Phi) is 2.75. The number of rotatable bonds is 3. The zero-order chi connectivity index (χ0) is 7.40. The van der Waals surface area contributed by atoms with Gasteiger partial charge in [0.05, 0.1) is 12.4 Å². The molecule has 0 radical (unpaired) electrons. The molecule has 0 aromatic carbocycles. The van der Waals surface area contributed by atoms with Crippen LogP contribution in [0.4, 0.5) is 0 Å². The molecule has 0 aromatic rings. The van der Waals surface area contributed by atoms with E-state index in [-0.39, 0.29) is 12.2 Å². The first-order chi connectivity index (χ1) is 4.84. The fraction of sp³-hybridized carbons (Fsp3) is 0.750. The summed E-state index contributed by atoms with van der Waals surface area (Å²) in [5, 5.41) is 0. The lowest BCUT2D eigenvalue weighted by Crippen LogP contribution is -2.24. The third-order valence-electron chi connectivity index (χ3n) is 1.67. The molecular formula is C8H14O2. The van der Waals surface area contributed by atoms with Crippen molar-refractivity contribution in [3.05, 3.63) is 12.3 Å². The Morgan fingerprint density at radius 3 is 3.10 bits per heavy atom. The van der Waals surface area contributed by atoms with Crippen molar-refractivity contribution in [1.82, 2.24) is 0 Å². The Bertz CT molecular complexity index is 112. The van der Waals surface area contributed by atoms with Crippen LogP contribution in [0.15, 0.2) is 12.3 Å². The van der Waals surface area contributed by atoms with Crippen LogP contribution >= 0.6 is 0 Å². The van der Waals surface area contributed by atoms with Crippen molar-refractivity contribution in [3.63, 3.8) is 0 Å². The highest BCUT2D eigenvalue weighted by molar-refractivity contribution is 4.89. The average Bonchev–Trinajstić information content (AvgIpc) is 2.38. The van der Waals surface area contributed by atoms with Crippen molar-refractivity contribution in [2.24, 2.45) is 0 Å². The van der Waals surface area contributed by atoms with Crippen molar-refractivity contribution >= 4 is 0 Å². The van der Waals surface area contributed by atoms with Gasteiger partial charge in [-0.15, -0.1) is 0 Å². The predicted octanol–water partition coefficient (Wildman–Crippen LogP) is 1.71. The third kappa shape index (κ3) is 1.74. The fourth-order valence-electron chi connectivity index (χ4n) is 1.07. The molecule has 0 bridgehead atoms. The molecular weight excluding hydrogens is 128 g/mol. The van der Waals surface area contributed by atoms with Gasteiger partial charge in [-0.1, -0.05) is 0 Å². The van der Waals surface area contributed by atoms with Gasteiger partial charge in [-0.25, -0.2) is 0 Å². The molecule has 2 unspecified atom stereocenters. The van der Waals surface area contributed by atoms with E-state index in [1.807, 2.05) is 19.9 Å². The highest BCUT2D eigenvalue weighted by Crippen LogP contribution is 2.14. The molecule has 0 saturated carbocycles. The van der Waals surface area contributed by atoms with Gasteiger partial charge in [-0.05, 0) is 19.9 Å². The van der Waals surface area contributed by atoms with Crippen molar-refractivity contribution in [3.8, 4) is 0 Å². The van der Waals surface area contributed by atoms with Crippen LogP contribution in [-0.2, 0) is 9.47 Å². The van der Waals surface area contributed by atoms with Crippen LogP contribution in [0.2, 0.25) is 0 Å². The number of ether oxygens (including phenoxy) is 2. The van der Waals surface area contributed by atoms with Crippen LogP contribution in [0.1, 0.15) is 20.3 Å². The fourth-order valence-corrected chi connectivity index (χ4v) is 1.07. The van der Waals surface area contributed by atoms with Crippen molar-refractivity contribution in [2.75, 3.05) is 6.61 Å². The SMILES string of the molecule is CCOC(C)C1CC=CO1. The number of hydrogen-bond donors (Lipinski definition) is 0. The highest BCUT2D eigenvalue weighted by Gasteiger charge is 2.19.